The summed E-state index contributed by atoms with van der Waals surface area (Å²) in [5, 5.41) is 10.6. The summed E-state index contributed by atoms with van der Waals surface area (Å²) in [4.78, 5) is 24.8. The fourth-order valence-corrected chi connectivity index (χ4v) is 12.3. The van der Waals surface area contributed by atoms with Crippen LogP contribution in [0, 0.1) is 0 Å². The fourth-order valence-electron chi connectivity index (χ4n) is 6.70. The number of aliphatic carboxylic acids is 1. The zero-order chi connectivity index (χ0) is 44.0. The number of rotatable bonds is 36. The van der Waals surface area contributed by atoms with Gasteiger partial charge in [0.25, 0.3) is 40.5 Å². The lowest BCUT2D eigenvalue weighted by Gasteiger charge is -2.22. The van der Waals surface area contributed by atoms with Gasteiger partial charge in [-0.2, -0.15) is 38.9 Å². The standard InChI is InChI=1S/C18H36O9S2.C18H36O8S2/c1-2-3-4-5-7-10-13-16(28(21,22)23)17(29(24,25)26)14-11-8-6-9-12-15-18(19)27-20;1-2-3-4-5-7-10-13-16(27(21,22)23)17(28(24,25)26)14-11-8-6-9-12-15-18(19)20/h16-17,20H,2-15H2,1H3,(H,21,22,23)(H,24,25,26);16-17H,2-15H2,1H3,(H,19,20)(H,21,22,23)(H,24,25,26). The molecule has 0 spiro atoms. The molecule has 0 saturated heterocycles. The number of hydrogen-bond acceptors (Lipinski definition) is 12. The van der Waals surface area contributed by atoms with Crippen LogP contribution in [0.4, 0.5) is 0 Å². The predicted octanol–water partition coefficient (Wildman–Crippen LogP) is 8.06. The Morgan fingerprint density at radius 2 is 0.632 bits per heavy atom. The zero-order valence-corrected chi connectivity index (χ0v) is 37.2. The maximum absolute atomic E-state index is 11.8. The highest BCUT2D eigenvalue weighted by molar-refractivity contribution is 7.91. The Hall–Kier alpha value is -1.46. The van der Waals surface area contributed by atoms with E-state index in [2.05, 4.69) is 18.7 Å². The van der Waals surface area contributed by atoms with Crippen molar-refractivity contribution in [1.29, 1.82) is 0 Å². The first-order valence-corrected chi connectivity index (χ1v) is 26.5. The van der Waals surface area contributed by atoms with E-state index in [1.165, 1.54) is 0 Å². The first kappa shape index (κ1) is 57.6. The molecule has 17 nitrogen and oxygen atoms in total. The molecule has 0 aliphatic carbocycles. The Kier molecular flexibility index (Phi) is 32.7. The molecule has 57 heavy (non-hydrogen) atoms. The molecule has 4 atom stereocenters. The number of carbonyl (C=O) groups excluding carboxylic acids is 1. The van der Waals surface area contributed by atoms with E-state index in [9.17, 15) is 61.5 Å². The van der Waals surface area contributed by atoms with Crippen molar-refractivity contribution >= 4 is 52.4 Å². The number of carboxylic acid groups (broad SMARTS) is 1. The van der Waals surface area contributed by atoms with E-state index in [1.807, 2.05) is 0 Å². The van der Waals surface area contributed by atoms with Crippen molar-refractivity contribution in [2.75, 3.05) is 0 Å². The van der Waals surface area contributed by atoms with Gasteiger partial charge in [0, 0.05) is 12.8 Å². The molecule has 0 aromatic rings. The monoisotopic (exact) mass is 904 g/mol. The van der Waals surface area contributed by atoms with E-state index in [4.69, 9.17) is 10.4 Å². The van der Waals surface area contributed by atoms with Crippen molar-refractivity contribution < 1.29 is 76.7 Å². The minimum atomic E-state index is -4.64. The molecular weight excluding hydrogens is 833 g/mol. The third-order valence-corrected chi connectivity index (χ3v) is 15.6. The lowest BCUT2D eigenvalue weighted by molar-refractivity contribution is -0.234. The molecule has 0 aromatic heterocycles. The van der Waals surface area contributed by atoms with Crippen molar-refractivity contribution in [3.8, 4) is 0 Å². The van der Waals surface area contributed by atoms with Gasteiger partial charge in [-0.15, -0.1) is 0 Å². The zero-order valence-electron chi connectivity index (χ0n) is 33.9. The molecule has 0 amide bonds. The lowest BCUT2D eigenvalue weighted by atomic mass is 10.0. The van der Waals surface area contributed by atoms with Crippen molar-refractivity contribution in [3.05, 3.63) is 0 Å². The average molecular weight is 905 g/mol. The summed E-state index contributed by atoms with van der Waals surface area (Å²) < 4.78 is 132. The summed E-state index contributed by atoms with van der Waals surface area (Å²) in [5.74, 6) is -1.58. The third-order valence-electron chi connectivity index (χ3n) is 9.89. The van der Waals surface area contributed by atoms with Crippen LogP contribution in [-0.2, 0) is 54.9 Å². The van der Waals surface area contributed by atoms with Gasteiger partial charge < -0.3 is 9.99 Å². The van der Waals surface area contributed by atoms with Crippen molar-refractivity contribution in [2.24, 2.45) is 0 Å². The van der Waals surface area contributed by atoms with Crippen molar-refractivity contribution in [2.45, 2.75) is 215 Å². The predicted molar refractivity (Wildman–Crippen MR) is 218 cm³/mol. The van der Waals surface area contributed by atoms with Gasteiger partial charge in [0.2, 0.25) is 0 Å². The summed E-state index contributed by atoms with van der Waals surface area (Å²) in [6.45, 7) is 4.16. The molecule has 342 valence electrons. The second kappa shape index (κ2) is 32.3. The van der Waals surface area contributed by atoms with Crippen LogP contribution in [0.1, 0.15) is 194 Å². The molecule has 0 saturated carbocycles. The van der Waals surface area contributed by atoms with Crippen LogP contribution in [-0.4, -0.2) is 95.2 Å². The second-order valence-electron chi connectivity index (χ2n) is 14.8. The molecule has 0 heterocycles. The highest BCUT2D eigenvalue weighted by Gasteiger charge is 2.40. The summed E-state index contributed by atoms with van der Waals surface area (Å²) in [7, 11) is -18.5. The van der Waals surface area contributed by atoms with E-state index >= 15 is 0 Å². The summed E-state index contributed by atoms with van der Waals surface area (Å²) in [6.07, 6.45) is 16.3. The van der Waals surface area contributed by atoms with Gasteiger partial charge in [0.1, 0.15) is 21.0 Å². The normalized spacial score (nSPS) is 14.6. The largest absolute Gasteiger partial charge is 0.481 e. The molecule has 0 rings (SSSR count). The molecule has 0 fully saturated rings. The number of hydrogen-bond donors (Lipinski definition) is 6. The number of carbonyl (C=O) groups is 2. The van der Waals surface area contributed by atoms with Crippen LogP contribution in [0.3, 0.4) is 0 Å². The molecule has 0 aliphatic heterocycles. The lowest BCUT2D eigenvalue weighted by Crippen LogP contribution is -2.39. The Balaban J connectivity index is 0. The van der Waals surface area contributed by atoms with Crippen molar-refractivity contribution in [3.63, 3.8) is 0 Å². The molecule has 0 radical (unpaired) electrons. The highest BCUT2D eigenvalue weighted by Crippen LogP contribution is 2.26. The van der Waals surface area contributed by atoms with Crippen LogP contribution in [0.2, 0.25) is 0 Å². The van der Waals surface area contributed by atoms with Gasteiger partial charge in [0.05, 0.1) is 0 Å². The van der Waals surface area contributed by atoms with E-state index < -0.39 is 73.4 Å². The molecule has 21 heteroatoms. The first-order valence-electron chi connectivity index (χ1n) is 20.4. The fraction of sp³-hybridized carbons (Fsp3) is 0.944. The molecule has 0 aromatic carbocycles. The SMILES string of the molecule is CCCCCCCCC(C(CCCCCCCC(=O)O)S(=O)(=O)O)S(=O)(=O)O.CCCCCCCCC(C(CCCCCCCC(=O)OO)S(=O)(=O)O)S(=O)(=O)O. The second-order valence-corrected chi connectivity index (χ2v) is 21.3. The van der Waals surface area contributed by atoms with E-state index in [0.29, 0.717) is 77.0 Å². The summed E-state index contributed by atoms with van der Waals surface area (Å²) >= 11 is 0. The molecule has 4 unspecified atom stereocenters. The third kappa shape index (κ3) is 32.0. The summed E-state index contributed by atoms with van der Waals surface area (Å²) in [6, 6.07) is 0. The maximum Gasteiger partial charge on any atom is 0.342 e. The van der Waals surface area contributed by atoms with Crippen LogP contribution < -0.4 is 0 Å². The van der Waals surface area contributed by atoms with Gasteiger partial charge in [-0.1, -0.05) is 142 Å². The minimum absolute atomic E-state index is 0.00593. The quantitative estimate of drug-likeness (QED) is 0.0150. The van der Waals surface area contributed by atoms with E-state index in [-0.39, 0.29) is 38.5 Å². The van der Waals surface area contributed by atoms with Gasteiger partial charge in [-0.3, -0.25) is 23.0 Å². The molecule has 0 aliphatic rings. The van der Waals surface area contributed by atoms with Crippen LogP contribution >= 0.6 is 0 Å². The Bertz CT molecular complexity index is 1500. The van der Waals surface area contributed by atoms with Crippen LogP contribution in [0.5, 0.6) is 0 Å². The maximum atomic E-state index is 11.8. The molecule has 0 bridgehead atoms. The van der Waals surface area contributed by atoms with Gasteiger partial charge in [0.15, 0.2) is 0 Å². The summed E-state index contributed by atoms with van der Waals surface area (Å²) in [5.41, 5.74) is 0. The molecule has 6 N–H and O–H groups in total. The Morgan fingerprint density at radius 1 is 0.404 bits per heavy atom. The number of unbranched alkanes of at least 4 members (excludes halogenated alkanes) is 18. The van der Waals surface area contributed by atoms with E-state index in [0.717, 1.165) is 64.2 Å². The first-order chi connectivity index (χ1) is 26.5. The average Bonchev–Trinajstić information content (AvgIpc) is 3.09. The highest BCUT2D eigenvalue weighted by atomic mass is 32.2. The van der Waals surface area contributed by atoms with Crippen LogP contribution in [0.25, 0.3) is 0 Å². The van der Waals surface area contributed by atoms with Gasteiger partial charge in [-0.25, -0.2) is 4.79 Å². The van der Waals surface area contributed by atoms with Crippen molar-refractivity contribution in [1.82, 2.24) is 0 Å². The van der Waals surface area contributed by atoms with Crippen LogP contribution in [0.15, 0.2) is 0 Å². The minimum Gasteiger partial charge on any atom is -0.481 e. The van der Waals surface area contributed by atoms with Gasteiger partial charge in [-0.05, 0) is 38.5 Å². The smallest absolute Gasteiger partial charge is 0.342 e. The number of carboxylic acids is 1. The Morgan fingerprint density at radius 3 is 0.860 bits per heavy atom. The van der Waals surface area contributed by atoms with E-state index in [1.54, 1.807) is 0 Å². The molecular formula is C36H72O17S4. The topological polar surface area (TPSA) is 301 Å². The Labute approximate surface area is 342 Å². The van der Waals surface area contributed by atoms with Gasteiger partial charge >= 0.3 is 11.9 Å².